The van der Waals surface area contributed by atoms with Gasteiger partial charge >= 0.3 is 6.09 Å². The summed E-state index contributed by atoms with van der Waals surface area (Å²) in [5.74, 6) is -0.277. The first kappa shape index (κ1) is 20.5. The molecular weight excluding hydrogens is 336 g/mol. The highest BCUT2D eigenvalue weighted by molar-refractivity contribution is 5.88. The highest BCUT2D eigenvalue weighted by atomic mass is 16.4. The van der Waals surface area contributed by atoms with Crippen molar-refractivity contribution >= 4 is 17.9 Å². The number of carboxylic acid groups (broad SMARTS) is 1. The molecule has 3 atom stereocenters. The number of hydrogen-bond donors (Lipinski definition) is 2. The Morgan fingerprint density at radius 2 is 1.58 bits per heavy atom. The van der Waals surface area contributed by atoms with E-state index in [1.165, 1.54) is 4.90 Å². The number of fused-ring (bicyclic) bond motifs is 2. The number of nitrogens with two attached hydrogens (primary N) is 1. The van der Waals surface area contributed by atoms with E-state index in [9.17, 15) is 19.5 Å². The van der Waals surface area contributed by atoms with Crippen LogP contribution in [0.2, 0.25) is 0 Å². The van der Waals surface area contributed by atoms with Crippen LogP contribution in [-0.2, 0) is 9.59 Å². The zero-order valence-electron chi connectivity index (χ0n) is 16.7. The summed E-state index contributed by atoms with van der Waals surface area (Å²) in [6, 6.07) is -0.880. The van der Waals surface area contributed by atoms with Crippen LogP contribution in [0.5, 0.6) is 0 Å². The largest absolute Gasteiger partial charge is 0.465 e. The van der Waals surface area contributed by atoms with Gasteiger partial charge in [-0.1, -0.05) is 20.8 Å². The van der Waals surface area contributed by atoms with Crippen LogP contribution in [0.4, 0.5) is 4.79 Å². The standard InChI is InChI=1S/C18H32N4O4/c1-17(2,3)14(22(16(25)26)18(4,5)6)15(24)21-10-11-7-12(21)9-20(11)13(23)8-19/h11-12,14H,7-10,19H2,1-6H3,(H,25,26)/t11-,12-,14+/m0/s1. The predicted octanol–water partition coefficient (Wildman–Crippen LogP) is 0.950. The summed E-state index contributed by atoms with van der Waals surface area (Å²) in [4.78, 5) is 42.1. The number of nitrogens with zero attached hydrogens (tertiary/aromatic N) is 3. The Morgan fingerprint density at radius 1 is 1.08 bits per heavy atom. The van der Waals surface area contributed by atoms with Crippen molar-refractivity contribution in [3.63, 3.8) is 0 Å². The molecule has 0 unspecified atom stereocenters. The minimum absolute atomic E-state index is 0.0199. The molecule has 8 nitrogen and oxygen atoms in total. The number of hydrogen-bond acceptors (Lipinski definition) is 4. The number of piperazine rings is 1. The van der Waals surface area contributed by atoms with Crippen LogP contribution >= 0.6 is 0 Å². The third-order valence-corrected chi connectivity index (χ3v) is 5.26. The summed E-state index contributed by atoms with van der Waals surface area (Å²) < 4.78 is 0. The second-order valence-corrected chi connectivity index (χ2v) is 9.38. The quantitative estimate of drug-likeness (QED) is 0.771. The first-order valence-corrected chi connectivity index (χ1v) is 9.11. The van der Waals surface area contributed by atoms with Gasteiger partial charge in [-0.2, -0.15) is 0 Å². The Bertz CT molecular complexity index is 593. The fraction of sp³-hybridized carbons (Fsp3) is 0.833. The van der Waals surface area contributed by atoms with E-state index < -0.39 is 23.1 Å². The minimum atomic E-state index is -1.10. The third kappa shape index (κ3) is 3.65. The van der Waals surface area contributed by atoms with Gasteiger partial charge < -0.3 is 20.6 Å². The summed E-state index contributed by atoms with van der Waals surface area (Å²) >= 11 is 0. The summed E-state index contributed by atoms with van der Waals surface area (Å²) in [6.45, 7) is 11.9. The Labute approximate surface area is 155 Å². The van der Waals surface area contributed by atoms with E-state index in [4.69, 9.17) is 5.73 Å². The number of carbonyl (C=O) groups excluding carboxylic acids is 2. The van der Waals surface area contributed by atoms with Gasteiger partial charge in [0.25, 0.3) is 0 Å². The Balaban J connectivity index is 2.28. The molecule has 26 heavy (non-hydrogen) atoms. The zero-order valence-corrected chi connectivity index (χ0v) is 16.7. The van der Waals surface area contributed by atoms with Crippen LogP contribution in [0.3, 0.4) is 0 Å². The molecule has 0 aromatic heterocycles. The van der Waals surface area contributed by atoms with Crippen molar-refractivity contribution < 1.29 is 19.5 Å². The van der Waals surface area contributed by atoms with E-state index in [-0.39, 0.29) is 30.4 Å². The average molecular weight is 368 g/mol. The maximum Gasteiger partial charge on any atom is 0.408 e. The van der Waals surface area contributed by atoms with Gasteiger partial charge in [-0.05, 0) is 32.6 Å². The van der Waals surface area contributed by atoms with Gasteiger partial charge in [0.2, 0.25) is 11.8 Å². The van der Waals surface area contributed by atoms with E-state index in [0.717, 1.165) is 6.42 Å². The SMILES string of the molecule is CC(C)(C)[C@@H](C(=O)N1C[C@@H]2C[C@H]1CN2C(=O)CN)N(C(=O)O)C(C)(C)C. The number of rotatable bonds is 3. The molecule has 2 heterocycles. The molecule has 3 amide bonds. The Morgan fingerprint density at radius 3 is 1.92 bits per heavy atom. The molecule has 0 aromatic carbocycles. The van der Waals surface area contributed by atoms with Gasteiger partial charge in [0, 0.05) is 18.6 Å². The van der Waals surface area contributed by atoms with Crippen LogP contribution in [0.15, 0.2) is 0 Å². The molecule has 148 valence electrons. The molecule has 0 radical (unpaired) electrons. The first-order valence-electron chi connectivity index (χ1n) is 9.11. The molecule has 2 aliphatic rings. The topological polar surface area (TPSA) is 107 Å². The van der Waals surface area contributed by atoms with E-state index >= 15 is 0 Å². The van der Waals surface area contributed by atoms with Gasteiger partial charge in [-0.15, -0.1) is 0 Å². The number of likely N-dealkylation sites (tertiary alicyclic amines) is 2. The lowest BCUT2D eigenvalue weighted by Gasteiger charge is -2.47. The van der Waals surface area contributed by atoms with Gasteiger partial charge in [-0.3, -0.25) is 14.5 Å². The van der Waals surface area contributed by atoms with Gasteiger partial charge in [0.1, 0.15) is 6.04 Å². The molecule has 2 aliphatic heterocycles. The van der Waals surface area contributed by atoms with E-state index in [2.05, 4.69) is 0 Å². The summed E-state index contributed by atoms with van der Waals surface area (Å²) in [6.07, 6.45) is -0.369. The fourth-order valence-corrected chi connectivity index (χ4v) is 4.17. The second kappa shape index (κ2) is 6.72. The highest BCUT2D eigenvalue weighted by Gasteiger charge is 2.52. The second-order valence-electron chi connectivity index (χ2n) is 9.38. The summed E-state index contributed by atoms with van der Waals surface area (Å²) in [7, 11) is 0. The maximum absolute atomic E-state index is 13.4. The molecular formula is C18H32N4O4. The van der Waals surface area contributed by atoms with Crippen molar-refractivity contribution in [2.24, 2.45) is 11.1 Å². The summed E-state index contributed by atoms with van der Waals surface area (Å²) in [5.41, 5.74) is 4.19. The van der Waals surface area contributed by atoms with Gasteiger partial charge in [0.15, 0.2) is 0 Å². The molecule has 8 heteroatoms. The number of amides is 3. The smallest absolute Gasteiger partial charge is 0.408 e. The van der Waals surface area contributed by atoms with Crippen LogP contribution in [0.1, 0.15) is 48.0 Å². The molecule has 2 rings (SSSR count). The van der Waals surface area contributed by atoms with Crippen molar-refractivity contribution in [3.8, 4) is 0 Å². The van der Waals surface area contributed by atoms with Gasteiger partial charge in [-0.25, -0.2) is 4.79 Å². The van der Waals surface area contributed by atoms with Crippen LogP contribution in [0.25, 0.3) is 0 Å². The molecule has 0 saturated carbocycles. The lowest BCUT2D eigenvalue weighted by molar-refractivity contribution is -0.147. The van der Waals surface area contributed by atoms with Crippen molar-refractivity contribution in [2.75, 3.05) is 19.6 Å². The molecule has 2 fully saturated rings. The molecule has 0 spiro atoms. The van der Waals surface area contributed by atoms with E-state index in [1.807, 2.05) is 20.8 Å². The molecule has 0 aromatic rings. The first-order chi connectivity index (χ1) is 11.8. The lowest BCUT2D eigenvalue weighted by atomic mass is 9.82. The Hall–Kier alpha value is -1.83. The van der Waals surface area contributed by atoms with Crippen LogP contribution in [0, 0.1) is 5.41 Å². The van der Waals surface area contributed by atoms with Crippen molar-refractivity contribution in [1.29, 1.82) is 0 Å². The van der Waals surface area contributed by atoms with E-state index in [1.54, 1.807) is 30.6 Å². The molecule has 3 N–H and O–H groups in total. The monoisotopic (exact) mass is 368 g/mol. The Kier molecular flexibility index (Phi) is 5.29. The van der Waals surface area contributed by atoms with E-state index in [0.29, 0.717) is 13.1 Å². The number of carbonyl (C=O) groups is 3. The minimum Gasteiger partial charge on any atom is -0.465 e. The van der Waals surface area contributed by atoms with Crippen LogP contribution in [-0.4, -0.2) is 81.0 Å². The average Bonchev–Trinajstić information content (AvgIpc) is 3.08. The third-order valence-electron chi connectivity index (χ3n) is 5.26. The molecule has 2 bridgehead atoms. The summed E-state index contributed by atoms with van der Waals surface area (Å²) in [5, 5.41) is 9.80. The van der Waals surface area contributed by atoms with Crippen molar-refractivity contribution in [3.05, 3.63) is 0 Å². The zero-order chi connectivity index (χ0) is 20.0. The van der Waals surface area contributed by atoms with Crippen LogP contribution < -0.4 is 5.73 Å². The van der Waals surface area contributed by atoms with Crippen molar-refractivity contribution in [1.82, 2.24) is 14.7 Å². The van der Waals surface area contributed by atoms with Gasteiger partial charge in [0.05, 0.1) is 18.6 Å². The highest BCUT2D eigenvalue weighted by Crippen LogP contribution is 2.36. The maximum atomic E-state index is 13.4. The van der Waals surface area contributed by atoms with Crippen molar-refractivity contribution in [2.45, 2.75) is 71.6 Å². The molecule has 0 aliphatic carbocycles. The molecule has 2 saturated heterocycles. The normalized spacial score (nSPS) is 24.0. The lowest BCUT2D eigenvalue weighted by Crippen LogP contribution is -2.64. The fourth-order valence-electron chi connectivity index (χ4n) is 4.17. The predicted molar refractivity (Wildman–Crippen MR) is 97.5 cm³/mol.